The number of anilines is 2. The van der Waals surface area contributed by atoms with E-state index in [0.717, 1.165) is 11.3 Å². The van der Waals surface area contributed by atoms with Crippen LogP contribution in [0.25, 0.3) is 11.5 Å². The van der Waals surface area contributed by atoms with Crippen LogP contribution in [-0.2, 0) is 16.2 Å². The Hall–Kier alpha value is -4.66. The van der Waals surface area contributed by atoms with Crippen LogP contribution in [0.2, 0.25) is 0 Å². The second kappa shape index (κ2) is 10.3. The van der Waals surface area contributed by atoms with E-state index in [1.54, 1.807) is 48.4 Å². The molecule has 0 aliphatic carbocycles. The van der Waals surface area contributed by atoms with Crippen LogP contribution in [0.1, 0.15) is 12.3 Å². The Morgan fingerprint density at radius 3 is 2.44 bits per heavy atom. The van der Waals surface area contributed by atoms with Crippen molar-refractivity contribution in [2.45, 2.75) is 13.0 Å². The predicted octanol–water partition coefficient (Wildman–Crippen LogP) is 4.32. The molecule has 1 fully saturated rings. The molecule has 9 heteroatoms. The zero-order valence-corrected chi connectivity index (χ0v) is 19.6. The molecule has 1 N–H and O–H groups in total. The van der Waals surface area contributed by atoms with Gasteiger partial charge in [0, 0.05) is 29.9 Å². The van der Waals surface area contributed by atoms with Crippen molar-refractivity contribution in [2.75, 3.05) is 23.9 Å². The van der Waals surface area contributed by atoms with Crippen LogP contribution in [0.5, 0.6) is 11.5 Å². The second-order valence-electron chi connectivity index (χ2n) is 8.27. The van der Waals surface area contributed by atoms with Crippen molar-refractivity contribution in [2.24, 2.45) is 5.92 Å². The number of nitrogens with zero attached hydrogens (tertiary/aromatic N) is 3. The highest BCUT2D eigenvalue weighted by Gasteiger charge is 2.35. The summed E-state index contributed by atoms with van der Waals surface area (Å²) < 4.78 is 16.5. The summed E-state index contributed by atoms with van der Waals surface area (Å²) in [5.74, 6) is 1.37. The molecular weight excluding hydrogens is 460 g/mol. The topological polar surface area (TPSA) is 107 Å². The van der Waals surface area contributed by atoms with Gasteiger partial charge in [-0.2, -0.15) is 0 Å². The fraction of sp³-hybridized carbons (Fsp3) is 0.185. The van der Waals surface area contributed by atoms with E-state index in [4.69, 9.17) is 13.9 Å². The van der Waals surface area contributed by atoms with Crippen molar-refractivity contribution in [3.63, 3.8) is 0 Å². The largest absolute Gasteiger partial charge is 0.497 e. The lowest BCUT2D eigenvalue weighted by Gasteiger charge is -2.17. The Labute approximate surface area is 207 Å². The van der Waals surface area contributed by atoms with E-state index in [2.05, 4.69) is 15.5 Å². The minimum Gasteiger partial charge on any atom is -0.497 e. The van der Waals surface area contributed by atoms with Gasteiger partial charge in [0.25, 0.3) is 5.89 Å². The molecule has 9 nitrogen and oxygen atoms in total. The molecule has 0 unspecified atom stereocenters. The molecular formula is C27H24N4O5. The van der Waals surface area contributed by atoms with E-state index in [0.29, 0.717) is 35.5 Å². The van der Waals surface area contributed by atoms with Crippen LogP contribution in [0.4, 0.5) is 11.4 Å². The first-order valence-corrected chi connectivity index (χ1v) is 11.4. The number of amides is 2. The van der Waals surface area contributed by atoms with Gasteiger partial charge >= 0.3 is 0 Å². The summed E-state index contributed by atoms with van der Waals surface area (Å²) >= 11 is 0. The van der Waals surface area contributed by atoms with Crippen molar-refractivity contribution < 1.29 is 23.5 Å². The van der Waals surface area contributed by atoms with Gasteiger partial charge in [0.1, 0.15) is 11.5 Å². The molecule has 0 spiro atoms. The van der Waals surface area contributed by atoms with Gasteiger partial charge in [-0.15, -0.1) is 10.2 Å². The van der Waals surface area contributed by atoms with Crippen molar-refractivity contribution in [1.29, 1.82) is 0 Å². The maximum absolute atomic E-state index is 12.8. The first-order valence-electron chi connectivity index (χ1n) is 11.4. The number of methoxy groups -OCH3 is 1. The normalized spacial score (nSPS) is 15.1. The van der Waals surface area contributed by atoms with Crippen LogP contribution >= 0.6 is 0 Å². The molecule has 0 saturated carbocycles. The van der Waals surface area contributed by atoms with Gasteiger partial charge in [-0.3, -0.25) is 9.59 Å². The number of carbonyl (C=O) groups is 2. The van der Waals surface area contributed by atoms with Gasteiger partial charge in [-0.25, -0.2) is 0 Å². The highest BCUT2D eigenvalue weighted by Crippen LogP contribution is 2.28. The summed E-state index contributed by atoms with van der Waals surface area (Å²) in [4.78, 5) is 26.9. The molecule has 5 rings (SSSR count). The quantitative estimate of drug-likeness (QED) is 0.397. The minimum absolute atomic E-state index is 0.0829. The monoisotopic (exact) mass is 484 g/mol. The maximum Gasteiger partial charge on any atom is 0.254 e. The van der Waals surface area contributed by atoms with Gasteiger partial charge in [0.2, 0.25) is 17.7 Å². The van der Waals surface area contributed by atoms with Crippen molar-refractivity contribution in [3.05, 3.63) is 84.8 Å². The third kappa shape index (κ3) is 5.20. The van der Waals surface area contributed by atoms with Crippen LogP contribution in [0.3, 0.4) is 0 Å². The van der Waals surface area contributed by atoms with Crippen LogP contribution < -0.4 is 19.7 Å². The average molecular weight is 485 g/mol. The van der Waals surface area contributed by atoms with Crippen molar-refractivity contribution >= 4 is 23.2 Å². The zero-order chi connectivity index (χ0) is 24.9. The second-order valence-corrected chi connectivity index (χ2v) is 8.27. The fourth-order valence-electron chi connectivity index (χ4n) is 3.93. The Balaban J connectivity index is 1.13. The van der Waals surface area contributed by atoms with E-state index >= 15 is 0 Å². The molecule has 182 valence electrons. The number of rotatable bonds is 8. The molecule has 36 heavy (non-hydrogen) atoms. The Morgan fingerprint density at radius 2 is 1.72 bits per heavy atom. The summed E-state index contributed by atoms with van der Waals surface area (Å²) in [5, 5.41) is 10.9. The predicted molar refractivity (Wildman–Crippen MR) is 133 cm³/mol. The number of nitrogens with one attached hydrogen (secondary N) is 1. The van der Waals surface area contributed by atoms with E-state index < -0.39 is 5.92 Å². The first-order chi connectivity index (χ1) is 17.6. The molecule has 2 amide bonds. The van der Waals surface area contributed by atoms with Gasteiger partial charge in [-0.1, -0.05) is 18.2 Å². The third-order valence-corrected chi connectivity index (χ3v) is 5.85. The summed E-state index contributed by atoms with van der Waals surface area (Å²) in [6, 6.07) is 23.7. The SMILES string of the molecule is COc1ccc(N2C[C@H](C(=O)Nc3ccc(OCc4nnc(-c5ccccc5)o4)cc3)CC2=O)cc1. The fourth-order valence-corrected chi connectivity index (χ4v) is 3.93. The smallest absolute Gasteiger partial charge is 0.254 e. The molecule has 0 radical (unpaired) electrons. The van der Waals surface area contributed by atoms with Gasteiger partial charge in [-0.05, 0) is 60.7 Å². The summed E-state index contributed by atoms with van der Waals surface area (Å²) in [7, 11) is 1.59. The number of carbonyl (C=O) groups excluding carboxylic acids is 2. The molecule has 0 bridgehead atoms. The molecule has 1 aliphatic heterocycles. The number of aromatic nitrogens is 2. The lowest BCUT2D eigenvalue weighted by atomic mass is 10.1. The molecule has 2 heterocycles. The number of ether oxygens (including phenoxy) is 2. The van der Waals surface area contributed by atoms with Crippen LogP contribution in [0, 0.1) is 5.92 Å². The third-order valence-electron chi connectivity index (χ3n) is 5.85. The van der Waals surface area contributed by atoms with E-state index in [1.807, 2.05) is 42.5 Å². The lowest BCUT2D eigenvalue weighted by Crippen LogP contribution is -2.28. The highest BCUT2D eigenvalue weighted by atomic mass is 16.5. The highest BCUT2D eigenvalue weighted by molar-refractivity contribution is 6.03. The lowest BCUT2D eigenvalue weighted by molar-refractivity contribution is -0.122. The maximum atomic E-state index is 12.8. The van der Waals surface area contributed by atoms with Gasteiger partial charge in [0.05, 0.1) is 13.0 Å². The molecule has 1 aliphatic rings. The van der Waals surface area contributed by atoms with Gasteiger partial charge in [0.15, 0.2) is 6.61 Å². The minimum atomic E-state index is -0.438. The van der Waals surface area contributed by atoms with Gasteiger partial charge < -0.3 is 24.1 Å². The van der Waals surface area contributed by atoms with Crippen molar-refractivity contribution in [1.82, 2.24) is 10.2 Å². The summed E-state index contributed by atoms with van der Waals surface area (Å²) in [6.07, 6.45) is 0.161. The average Bonchev–Trinajstić information content (AvgIpc) is 3.56. The molecule has 4 aromatic rings. The Kier molecular flexibility index (Phi) is 6.61. The zero-order valence-electron chi connectivity index (χ0n) is 19.6. The molecule has 1 aromatic heterocycles. The number of benzene rings is 3. The molecule has 1 saturated heterocycles. The summed E-state index contributed by atoms with van der Waals surface area (Å²) in [5.41, 5.74) is 2.20. The van der Waals surface area contributed by atoms with Crippen LogP contribution in [0.15, 0.2) is 83.3 Å². The van der Waals surface area contributed by atoms with E-state index in [9.17, 15) is 9.59 Å². The van der Waals surface area contributed by atoms with E-state index in [-0.39, 0.29) is 24.8 Å². The van der Waals surface area contributed by atoms with Crippen LogP contribution in [-0.4, -0.2) is 35.7 Å². The standard InChI is InChI=1S/C27H24N4O5/c1-34-22-13-9-21(10-14-22)31-16-19(15-25(31)32)26(33)28-20-7-11-23(12-8-20)35-17-24-29-30-27(36-24)18-5-3-2-4-6-18/h2-14,19H,15-17H2,1H3,(H,28,33)/t19-/m1/s1. The Morgan fingerprint density at radius 1 is 1.00 bits per heavy atom. The first kappa shape index (κ1) is 23.1. The van der Waals surface area contributed by atoms with Crippen molar-refractivity contribution in [3.8, 4) is 23.0 Å². The number of hydrogen-bond donors (Lipinski definition) is 1. The Bertz CT molecular complexity index is 1340. The molecule has 1 atom stereocenters. The van der Waals surface area contributed by atoms with E-state index in [1.165, 1.54) is 0 Å². The number of hydrogen-bond acceptors (Lipinski definition) is 7. The molecule has 3 aromatic carbocycles. The summed E-state index contributed by atoms with van der Waals surface area (Å²) in [6.45, 7) is 0.449.